The largest absolute Gasteiger partial charge is 0.478 e. The third kappa shape index (κ3) is 2.42. The van der Waals surface area contributed by atoms with E-state index in [1.807, 2.05) is 0 Å². The SMILES string of the molecule is C/C(=C\C(=O)O)c1ccc(C)cc1F. The molecule has 0 spiro atoms. The maximum Gasteiger partial charge on any atom is 0.328 e. The van der Waals surface area contributed by atoms with E-state index in [0.717, 1.165) is 11.6 Å². The average molecular weight is 194 g/mol. The van der Waals surface area contributed by atoms with Gasteiger partial charge in [-0.15, -0.1) is 0 Å². The van der Waals surface area contributed by atoms with Crippen molar-refractivity contribution in [3.63, 3.8) is 0 Å². The van der Waals surface area contributed by atoms with Gasteiger partial charge in [0, 0.05) is 11.6 Å². The van der Waals surface area contributed by atoms with Crippen LogP contribution in [0.25, 0.3) is 5.57 Å². The second-order valence-electron chi connectivity index (χ2n) is 3.15. The minimum absolute atomic E-state index is 0.331. The first-order valence-electron chi connectivity index (χ1n) is 4.18. The topological polar surface area (TPSA) is 37.3 Å². The van der Waals surface area contributed by atoms with Crippen LogP contribution in [0.3, 0.4) is 0 Å². The van der Waals surface area contributed by atoms with E-state index in [0.29, 0.717) is 11.1 Å². The number of hydrogen-bond acceptors (Lipinski definition) is 1. The van der Waals surface area contributed by atoms with Crippen molar-refractivity contribution in [3.8, 4) is 0 Å². The summed E-state index contributed by atoms with van der Waals surface area (Å²) in [5, 5.41) is 8.49. The lowest BCUT2D eigenvalue weighted by Gasteiger charge is -2.03. The second kappa shape index (κ2) is 4.05. The van der Waals surface area contributed by atoms with Crippen molar-refractivity contribution in [1.82, 2.24) is 0 Å². The van der Waals surface area contributed by atoms with E-state index in [9.17, 15) is 9.18 Å². The fourth-order valence-electron chi connectivity index (χ4n) is 1.20. The van der Waals surface area contributed by atoms with Crippen LogP contribution in [0.1, 0.15) is 18.1 Å². The molecule has 0 heterocycles. The summed E-state index contributed by atoms with van der Waals surface area (Å²) in [7, 11) is 0. The van der Waals surface area contributed by atoms with Gasteiger partial charge < -0.3 is 5.11 Å². The number of carboxylic acids is 1. The maximum atomic E-state index is 13.3. The molecule has 0 bridgehead atoms. The highest BCUT2D eigenvalue weighted by Crippen LogP contribution is 2.18. The molecule has 0 aliphatic carbocycles. The fraction of sp³-hybridized carbons (Fsp3) is 0.182. The number of benzene rings is 1. The van der Waals surface area contributed by atoms with Crippen molar-refractivity contribution in [2.45, 2.75) is 13.8 Å². The molecule has 0 radical (unpaired) electrons. The van der Waals surface area contributed by atoms with Gasteiger partial charge in [0.05, 0.1) is 0 Å². The number of hydrogen-bond donors (Lipinski definition) is 1. The molecular weight excluding hydrogens is 183 g/mol. The first-order chi connectivity index (χ1) is 6.50. The Morgan fingerprint density at radius 3 is 2.64 bits per heavy atom. The lowest BCUT2D eigenvalue weighted by Crippen LogP contribution is -1.93. The van der Waals surface area contributed by atoms with Crippen LogP contribution in [0.2, 0.25) is 0 Å². The van der Waals surface area contributed by atoms with Gasteiger partial charge in [-0.1, -0.05) is 12.1 Å². The summed E-state index contributed by atoms with van der Waals surface area (Å²) in [6, 6.07) is 4.71. The van der Waals surface area contributed by atoms with Crippen molar-refractivity contribution < 1.29 is 14.3 Å². The van der Waals surface area contributed by atoms with Gasteiger partial charge in [-0.3, -0.25) is 0 Å². The number of aliphatic carboxylic acids is 1. The Labute approximate surface area is 81.7 Å². The Morgan fingerprint density at radius 1 is 1.50 bits per heavy atom. The summed E-state index contributed by atoms with van der Waals surface area (Å²) in [5.41, 5.74) is 1.56. The molecule has 0 saturated carbocycles. The number of carbonyl (C=O) groups is 1. The Bertz CT molecular complexity index is 394. The van der Waals surface area contributed by atoms with E-state index in [4.69, 9.17) is 5.11 Å². The van der Waals surface area contributed by atoms with E-state index in [1.54, 1.807) is 26.0 Å². The summed E-state index contributed by atoms with van der Waals surface area (Å²) in [6.45, 7) is 3.35. The molecule has 74 valence electrons. The van der Waals surface area contributed by atoms with Gasteiger partial charge in [0.1, 0.15) is 5.82 Å². The lowest BCUT2D eigenvalue weighted by atomic mass is 10.0. The number of aryl methyl sites for hydroxylation is 1. The predicted octanol–water partition coefficient (Wildman–Crippen LogP) is 2.62. The molecule has 1 rings (SSSR count). The normalized spacial score (nSPS) is 11.5. The predicted molar refractivity (Wildman–Crippen MR) is 52.4 cm³/mol. The number of carboxylic acid groups (broad SMARTS) is 1. The van der Waals surface area contributed by atoms with Gasteiger partial charge in [0.2, 0.25) is 0 Å². The van der Waals surface area contributed by atoms with Crippen LogP contribution >= 0.6 is 0 Å². The van der Waals surface area contributed by atoms with Crippen LogP contribution in [-0.2, 0) is 4.79 Å². The minimum atomic E-state index is -1.07. The maximum absolute atomic E-state index is 13.3. The zero-order valence-corrected chi connectivity index (χ0v) is 8.04. The molecule has 1 N–H and O–H groups in total. The molecule has 0 fully saturated rings. The standard InChI is InChI=1S/C11H11FO2/c1-7-3-4-9(10(12)5-7)8(2)6-11(13)14/h3-6H,1-2H3,(H,13,14)/b8-6+. The van der Waals surface area contributed by atoms with Gasteiger partial charge in [0.15, 0.2) is 0 Å². The highest BCUT2D eigenvalue weighted by molar-refractivity contribution is 5.89. The minimum Gasteiger partial charge on any atom is -0.478 e. The zero-order chi connectivity index (χ0) is 10.7. The third-order valence-electron chi connectivity index (χ3n) is 1.89. The van der Waals surface area contributed by atoms with Crippen molar-refractivity contribution in [2.75, 3.05) is 0 Å². The van der Waals surface area contributed by atoms with Crippen LogP contribution in [-0.4, -0.2) is 11.1 Å². The summed E-state index contributed by atoms with van der Waals surface area (Å²) in [6.07, 6.45) is 0.994. The van der Waals surface area contributed by atoms with Gasteiger partial charge in [0.25, 0.3) is 0 Å². The molecule has 0 aromatic heterocycles. The van der Waals surface area contributed by atoms with E-state index in [1.165, 1.54) is 6.07 Å². The summed E-state index contributed by atoms with van der Waals surface area (Å²) in [5.74, 6) is -1.46. The molecular formula is C11H11FO2. The molecule has 3 heteroatoms. The smallest absolute Gasteiger partial charge is 0.328 e. The Hall–Kier alpha value is -1.64. The zero-order valence-electron chi connectivity index (χ0n) is 8.04. The highest BCUT2D eigenvalue weighted by atomic mass is 19.1. The van der Waals surface area contributed by atoms with Crippen molar-refractivity contribution in [2.24, 2.45) is 0 Å². The number of rotatable bonds is 2. The summed E-state index contributed by atoms with van der Waals surface area (Å²) < 4.78 is 13.3. The number of allylic oxidation sites excluding steroid dienone is 1. The second-order valence-corrected chi connectivity index (χ2v) is 3.15. The van der Waals surface area contributed by atoms with E-state index >= 15 is 0 Å². The van der Waals surface area contributed by atoms with Gasteiger partial charge in [-0.05, 0) is 31.1 Å². The van der Waals surface area contributed by atoms with Crippen LogP contribution < -0.4 is 0 Å². The van der Waals surface area contributed by atoms with Gasteiger partial charge in [-0.25, -0.2) is 9.18 Å². The van der Waals surface area contributed by atoms with Crippen LogP contribution in [0.5, 0.6) is 0 Å². The Balaban J connectivity index is 3.14. The van der Waals surface area contributed by atoms with Crippen molar-refractivity contribution >= 4 is 11.5 Å². The molecule has 0 unspecified atom stereocenters. The first kappa shape index (κ1) is 10.4. The van der Waals surface area contributed by atoms with E-state index in [2.05, 4.69) is 0 Å². The molecule has 0 aliphatic rings. The fourth-order valence-corrected chi connectivity index (χ4v) is 1.20. The quantitative estimate of drug-likeness (QED) is 0.735. The Kier molecular flexibility index (Phi) is 3.02. The monoisotopic (exact) mass is 194 g/mol. The van der Waals surface area contributed by atoms with Gasteiger partial charge >= 0.3 is 5.97 Å². The molecule has 0 aliphatic heterocycles. The highest BCUT2D eigenvalue weighted by Gasteiger charge is 2.04. The Morgan fingerprint density at radius 2 is 2.14 bits per heavy atom. The lowest BCUT2D eigenvalue weighted by molar-refractivity contribution is -0.131. The van der Waals surface area contributed by atoms with Crippen LogP contribution in [0.15, 0.2) is 24.3 Å². The molecule has 0 amide bonds. The third-order valence-corrected chi connectivity index (χ3v) is 1.89. The van der Waals surface area contributed by atoms with Crippen LogP contribution in [0.4, 0.5) is 4.39 Å². The molecule has 2 nitrogen and oxygen atoms in total. The summed E-state index contributed by atoms with van der Waals surface area (Å²) in [4.78, 5) is 10.4. The summed E-state index contributed by atoms with van der Waals surface area (Å²) >= 11 is 0. The molecule has 0 saturated heterocycles. The van der Waals surface area contributed by atoms with Gasteiger partial charge in [-0.2, -0.15) is 0 Å². The van der Waals surface area contributed by atoms with E-state index in [-0.39, 0.29) is 5.82 Å². The molecule has 0 atom stereocenters. The first-order valence-corrected chi connectivity index (χ1v) is 4.18. The van der Waals surface area contributed by atoms with Crippen molar-refractivity contribution in [1.29, 1.82) is 0 Å². The molecule has 1 aromatic rings. The number of halogens is 1. The molecule has 14 heavy (non-hydrogen) atoms. The average Bonchev–Trinajstić information content (AvgIpc) is 2.01. The van der Waals surface area contributed by atoms with Crippen LogP contribution in [0, 0.1) is 12.7 Å². The molecule has 1 aromatic carbocycles. The van der Waals surface area contributed by atoms with E-state index < -0.39 is 5.97 Å². The van der Waals surface area contributed by atoms with Crippen molar-refractivity contribution in [3.05, 3.63) is 41.2 Å².